The van der Waals surface area contributed by atoms with Gasteiger partial charge in [0.1, 0.15) is 11.6 Å². The molecule has 0 aliphatic carbocycles. The molecule has 6 aromatic rings. The number of aromatic amines is 1. The maximum absolute atomic E-state index is 15.6. The number of halogens is 1. The van der Waals surface area contributed by atoms with Crippen LogP contribution in [-0.2, 0) is 31.4 Å². The lowest BCUT2D eigenvalue weighted by atomic mass is 10.1. The van der Waals surface area contributed by atoms with Crippen molar-refractivity contribution in [3.63, 3.8) is 0 Å². The molecular formula is C37H35FN3O6P. The Balaban J connectivity index is 1.14. The highest BCUT2D eigenvalue weighted by atomic mass is 31.2. The molecule has 0 saturated carbocycles. The van der Waals surface area contributed by atoms with Crippen LogP contribution in [0.5, 0.6) is 5.75 Å². The van der Waals surface area contributed by atoms with Crippen molar-refractivity contribution in [1.82, 2.24) is 14.5 Å². The highest BCUT2D eigenvalue weighted by molar-refractivity contribution is 7.48. The number of aromatic nitrogens is 3. The first-order valence-corrected chi connectivity index (χ1v) is 16.9. The van der Waals surface area contributed by atoms with Gasteiger partial charge >= 0.3 is 7.82 Å². The first-order valence-electron chi connectivity index (χ1n) is 15.4. The molecule has 0 saturated heterocycles. The van der Waals surface area contributed by atoms with Gasteiger partial charge in [0.25, 0.3) is 5.56 Å². The minimum Gasteiger partial charge on any atom is -0.493 e. The van der Waals surface area contributed by atoms with E-state index in [1.54, 1.807) is 36.7 Å². The summed E-state index contributed by atoms with van der Waals surface area (Å²) in [4.78, 5) is 19.8. The molecule has 0 atom stereocenters. The third-order valence-electron chi connectivity index (χ3n) is 7.65. The molecule has 0 unspecified atom stereocenters. The number of H-pyrrole nitrogens is 1. The highest BCUT2D eigenvalue weighted by Crippen LogP contribution is 2.54. The molecule has 1 N–H and O–H groups in total. The number of hydrogen-bond acceptors (Lipinski definition) is 7. The Morgan fingerprint density at radius 2 is 1.44 bits per heavy atom. The minimum absolute atomic E-state index is 0.0388. The number of benzene rings is 4. The van der Waals surface area contributed by atoms with E-state index in [1.807, 2.05) is 91.0 Å². The quantitative estimate of drug-likeness (QED) is 0.116. The minimum atomic E-state index is -4.03. The standard InChI is InChI=1S/C37H35FN3O6P/c1-37(2,47-48(43,45-24-27-12-6-3-7-13-27)46-25-28-14-8-4-9-15-28)20-21-44-30-18-19-31(33(38)22-30)32-23-41(29-16-10-5-11-17-29)35-34(32)36(42)40-26-39-35/h3-19,22-23,26H,20-21,24-25H2,1-2H3,(H,39,40,42). The van der Waals surface area contributed by atoms with Crippen molar-refractivity contribution in [3.8, 4) is 22.6 Å². The number of rotatable bonds is 14. The summed E-state index contributed by atoms with van der Waals surface area (Å²) in [5.74, 6) is -0.277. The molecule has 4 aromatic carbocycles. The third kappa shape index (κ3) is 7.98. The molecule has 0 fully saturated rings. The summed E-state index contributed by atoms with van der Waals surface area (Å²) < 4.78 is 54.7. The second kappa shape index (κ2) is 14.5. The fraction of sp³-hybridized carbons (Fsp3) is 0.189. The molecule has 2 heterocycles. The second-order valence-corrected chi connectivity index (χ2v) is 13.3. The summed E-state index contributed by atoms with van der Waals surface area (Å²) in [6.07, 6.45) is 3.32. The van der Waals surface area contributed by atoms with E-state index in [2.05, 4.69) is 9.97 Å². The topological polar surface area (TPSA) is 105 Å². The van der Waals surface area contributed by atoms with Crippen LogP contribution in [0.4, 0.5) is 4.39 Å². The van der Waals surface area contributed by atoms with Crippen molar-refractivity contribution in [3.05, 3.63) is 149 Å². The molecule has 11 heteroatoms. The van der Waals surface area contributed by atoms with Gasteiger partial charge in [0.2, 0.25) is 0 Å². The predicted octanol–water partition coefficient (Wildman–Crippen LogP) is 8.63. The smallest absolute Gasteiger partial charge is 0.475 e. The lowest BCUT2D eigenvalue weighted by molar-refractivity contribution is 0.0144. The maximum Gasteiger partial charge on any atom is 0.475 e. The molecule has 48 heavy (non-hydrogen) atoms. The van der Waals surface area contributed by atoms with Gasteiger partial charge in [0.05, 0.1) is 37.1 Å². The Kier molecular flexibility index (Phi) is 9.98. The van der Waals surface area contributed by atoms with Crippen molar-refractivity contribution in [2.45, 2.75) is 39.1 Å². The Bertz CT molecular complexity index is 2040. The molecule has 9 nitrogen and oxygen atoms in total. The van der Waals surface area contributed by atoms with Crippen LogP contribution < -0.4 is 10.3 Å². The number of fused-ring (bicyclic) bond motifs is 1. The van der Waals surface area contributed by atoms with Crippen molar-refractivity contribution in [2.75, 3.05) is 6.61 Å². The Hall–Kier alpha value is -4.86. The zero-order valence-electron chi connectivity index (χ0n) is 26.5. The summed E-state index contributed by atoms with van der Waals surface area (Å²) >= 11 is 0. The van der Waals surface area contributed by atoms with Gasteiger partial charge in [-0.1, -0.05) is 78.9 Å². The molecule has 0 aliphatic rings. The normalized spacial score (nSPS) is 12.0. The molecule has 0 radical (unpaired) electrons. The molecule has 0 aliphatic heterocycles. The average Bonchev–Trinajstić information content (AvgIpc) is 3.48. The number of ether oxygens (including phenoxy) is 1. The van der Waals surface area contributed by atoms with Gasteiger partial charge in [-0.25, -0.2) is 13.9 Å². The first kappa shape index (κ1) is 33.1. The monoisotopic (exact) mass is 667 g/mol. The van der Waals surface area contributed by atoms with Crippen LogP contribution in [0.25, 0.3) is 27.8 Å². The molecule has 0 amide bonds. The van der Waals surface area contributed by atoms with Gasteiger partial charge in [-0.15, -0.1) is 0 Å². The van der Waals surface area contributed by atoms with Crippen LogP contribution in [0, 0.1) is 5.82 Å². The van der Waals surface area contributed by atoms with Gasteiger partial charge in [-0.2, -0.15) is 0 Å². The highest BCUT2D eigenvalue weighted by Gasteiger charge is 2.35. The van der Waals surface area contributed by atoms with E-state index < -0.39 is 19.2 Å². The zero-order chi connectivity index (χ0) is 33.6. The van der Waals surface area contributed by atoms with Gasteiger partial charge in [-0.3, -0.25) is 18.4 Å². The molecule has 6 rings (SSSR count). The summed E-state index contributed by atoms with van der Waals surface area (Å²) in [5, 5.41) is 0.279. The number of nitrogens with zero attached hydrogens (tertiary/aromatic N) is 2. The summed E-state index contributed by atoms with van der Waals surface area (Å²) in [5.41, 5.74) is 2.12. The van der Waals surface area contributed by atoms with Crippen molar-refractivity contribution in [2.24, 2.45) is 0 Å². The maximum atomic E-state index is 15.6. The molecule has 246 valence electrons. The lowest BCUT2D eigenvalue weighted by Gasteiger charge is -2.29. The summed E-state index contributed by atoms with van der Waals surface area (Å²) in [6, 6.07) is 32.6. The van der Waals surface area contributed by atoms with Crippen molar-refractivity contribution in [1.29, 1.82) is 0 Å². The van der Waals surface area contributed by atoms with Gasteiger partial charge in [0, 0.05) is 35.5 Å². The number of phosphoric ester groups is 1. The van der Waals surface area contributed by atoms with E-state index in [-0.39, 0.29) is 48.5 Å². The van der Waals surface area contributed by atoms with E-state index in [0.717, 1.165) is 16.8 Å². The second-order valence-electron chi connectivity index (χ2n) is 11.7. The first-order chi connectivity index (χ1) is 23.2. The lowest BCUT2D eigenvalue weighted by Crippen LogP contribution is -2.26. The predicted molar refractivity (Wildman–Crippen MR) is 182 cm³/mol. The fourth-order valence-electron chi connectivity index (χ4n) is 5.17. The average molecular weight is 668 g/mol. The number of nitrogens with one attached hydrogen (secondary N) is 1. The van der Waals surface area contributed by atoms with Crippen LogP contribution in [0.3, 0.4) is 0 Å². The van der Waals surface area contributed by atoms with E-state index in [9.17, 15) is 9.36 Å². The zero-order valence-corrected chi connectivity index (χ0v) is 27.4. The number of para-hydroxylation sites is 1. The van der Waals surface area contributed by atoms with E-state index >= 15 is 4.39 Å². The Labute approximate surface area is 277 Å². The largest absolute Gasteiger partial charge is 0.493 e. The van der Waals surface area contributed by atoms with Crippen LogP contribution in [0.15, 0.2) is 127 Å². The molecular weight excluding hydrogens is 632 g/mol. The van der Waals surface area contributed by atoms with Gasteiger partial charge < -0.3 is 14.3 Å². The molecule has 2 aromatic heterocycles. The molecule has 0 spiro atoms. The van der Waals surface area contributed by atoms with Gasteiger partial charge in [0.15, 0.2) is 5.65 Å². The van der Waals surface area contributed by atoms with Crippen LogP contribution >= 0.6 is 7.82 Å². The number of phosphoric acid groups is 1. The van der Waals surface area contributed by atoms with Crippen LogP contribution in [0.1, 0.15) is 31.4 Å². The van der Waals surface area contributed by atoms with E-state index in [1.165, 1.54) is 12.4 Å². The fourth-order valence-corrected chi connectivity index (χ4v) is 6.66. The Morgan fingerprint density at radius 1 is 0.833 bits per heavy atom. The SMILES string of the molecule is CC(C)(CCOc1ccc(-c2cn(-c3ccccc3)c3nc[nH]c(=O)c23)c(F)c1)OP(=O)(OCc1ccccc1)OCc1ccccc1. The van der Waals surface area contributed by atoms with Crippen molar-refractivity contribution < 1.29 is 27.3 Å². The van der Waals surface area contributed by atoms with Crippen LogP contribution in [-0.4, -0.2) is 26.7 Å². The number of hydrogen-bond donors (Lipinski definition) is 1. The van der Waals surface area contributed by atoms with Crippen molar-refractivity contribution >= 4 is 18.9 Å². The Morgan fingerprint density at radius 3 is 2.04 bits per heavy atom. The van der Waals surface area contributed by atoms with E-state index in [0.29, 0.717) is 11.2 Å². The van der Waals surface area contributed by atoms with Crippen LogP contribution in [0.2, 0.25) is 0 Å². The van der Waals surface area contributed by atoms with E-state index in [4.69, 9.17) is 18.3 Å². The third-order valence-corrected chi connectivity index (χ3v) is 9.26. The summed E-state index contributed by atoms with van der Waals surface area (Å²) in [7, 11) is -4.03. The van der Waals surface area contributed by atoms with Gasteiger partial charge in [-0.05, 0) is 49.2 Å². The summed E-state index contributed by atoms with van der Waals surface area (Å²) in [6.45, 7) is 3.73. The molecule has 0 bridgehead atoms.